The molecule has 0 aromatic heterocycles. The van der Waals surface area contributed by atoms with Crippen LogP contribution in [0.4, 0.5) is 0 Å². The minimum Gasteiger partial charge on any atom is -0.340 e. The van der Waals surface area contributed by atoms with Gasteiger partial charge in [-0.25, -0.2) is 0 Å². The van der Waals surface area contributed by atoms with Crippen LogP contribution in [-0.4, -0.2) is 26.2 Å². The van der Waals surface area contributed by atoms with Crippen LogP contribution in [0.3, 0.4) is 0 Å². The molecule has 0 spiro atoms. The smallest absolute Gasteiger partial charge is 0.216 e. The van der Waals surface area contributed by atoms with E-state index >= 15 is 0 Å². The van der Waals surface area contributed by atoms with Crippen LogP contribution < -0.4 is 5.32 Å². The van der Waals surface area contributed by atoms with Gasteiger partial charge in [-0.2, -0.15) is 0 Å². The summed E-state index contributed by atoms with van der Waals surface area (Å²) < 4.78 is 10.5. The zero-order chi connectivity index (χ0) is 8.53. The van der Waals surface area contributed by atoms with Gasteiger partial charge in [-0.15, -0.1) is 17.0 Å². The van der Waals surface area contributed by atoms with Crippen molar-refractivity contribution in [2.75, 3.05) is 19.8 Å². The van der Waals surface area contributed by atoms with E-state index in [2.05, 4.69) is 12.2 Å². The second-order valence-electron chi connectivity index (χ2n) is 2.20. The molecule has 0 saturated carbocycles. The van der Waals surface area contributed by atoms with Gasteiger partial charge in [-0.1, -0.05) is 6.92 Å². The normalized spacial score (nSPS) is 10.0. The van der Waals surface area contributed by atoms with Crippen molar-refractivity contribution in [1.82, 2.24) is 5.32 Å². The van der Waals surface area contributed by atoms with Crippen molar-refractivity contribution in [3.05, 3.63) is 0 Å². The predicted octanol–water partition coefficient (Wildman–Crippen LogP) is 1.92. The van der Waals surface area contributed by atoms with Crippen LogP contribution in [0.5, 0.6) is 0 Å². The molecule has 0 rings (SSSR count). The van der Waals surface area contributed by atoms with E-state index in [0.717, 1.165) is 13.0 Å². The molecule has 0 heterocycles. The van der Waals surface area contributed by atoms with E-state index in [9.17, 15) is 0 Å². The third kappa shape index (κ3) is 8.46. The molecule has 1 N–H and O–H groups in total. The van der Waals surface area contributed by atoms with Gasteiger partial charge >= 0.3 is 0 Å². The molecule has 0 aliphatic rings. The molecule has 0 saturated heterocycles. The van der Waals surface area contributed by atoms with Crippen molar-refractivity contribution in [3.63, 3.8) is 0 Å². The van der Waals surface area contributed by atoms with Crippen LogP contribution in [0.1, 0.15) is 27.2 Å². The van der Waals surface area contributed by atoms with E-state index in [1.54, 1.807) is 0 Å². The van der Waals surface area contributed by atoms with Crippen LogP contribution in [-0.2, 0) is 9.47 Å². The maximum absolute atomic E-state index is 5.25. The summed E-state index contributed by atoms with van der Waals surface area (Å²) in [5, 5.41) is 3.13. The average Bonchev–Trinajstić information content (AvgIpc) is 2.01. The van der Waals surface area contributed by atoms with Crippen LogP contribution in [0, 0.1) is 0 Å². The molecule has 0 aliphatic carbocycles. The summed E-state index contributed by atoms with van der Waals surface area (Å²) in [5.41, 5.74) is 0. The molecule has 0 unspecified atom stereocenters. The molecule has 3 nitrogen and oxygen atoms in total. The van der Waals surface area contributed by atoms with Gasteiger partial charge in [-0.05, 0) is 26.8 Å². The molecular weight excluding hydrogens is 222 g/mol. The highest BCUT2D eigenvalue weighted by molar-refractivity contribution is 8.93. The fourth-order valence-corrected chi connectivity index (χ4v) is 0.731. The lowest BCUT2D eigenvalue weighted by molar-refractivity contribution is -0.154. The van der Waals surface area contributed by atoms with Crippen LogP contribution in [0.2, 0.25) is 0 Å². The summed E-state index contributed by atoms with van der Waals surface area (Å²) in [6.45, 7) is 8.33. The fourth-order valence-electron chi connectivity index (χ4n) is 0.731. The summed E-state index contributed by atoms with van der Waals surface area (Å²) >= 11 is 0. The number of rotatable bonds is 7. The highest BCUT2D eigenvalue weighted by atomic mass is 79.9. The van der Waals surface area contributed by atoms with Gasteiger partial charge in [0.1, 0.15) is 0 Å². The van der Waals surface area contributed by atoms with Gasteiger partial charge in [0.2, 0.25) is 6.41 Å². The average molecular weight is 242 g/mol. The minimum atomic E-state index is -0.218. The summed E-state index contributed by atoms with van der Waals surface area (Å²) in [4.78, 5) is 0. The monoisotopic (exact) mass is 241 g/mol. The molecule has 0 aromatic rings. The Balaban J connectivity index is 0. The van der Waals surface area contributed by atoms with Crippen LogP contribution >= 0.6 is 17.0 Å². The third-order valence-corrected chi connectivity index (χ3v) is 1.20. The molecule has 0 atom stereocenters. The van der Waals surface area contributed by atoms with E-state index in [1.165, 1.54) is 0 Å². The Bertz CT molecular complexity index is 77.5. The molecular formula is C8H20BrNO2. The predicted molar refractivity (Wildman–Crippen MR) is 55.7 cm³/mol. The molecule has 0 amide bonds. The molecule has 12 heavy (non-hydrogen) atoms. The van der Waals surface area contributed by atoms with Gasteiger partial charge in [0.15, 0.2) is 0 Å². The lowest BCUT2D eigenvalue weighted by Crippen LogP contribution is -2.34. The maximum Gasteiger partial charge on any atom is 0.216 e. The molecule has 76 valence electrons. The summed E-state index contributed by atoms with van der Waals surface area (Å²) in [5.74, 6) is 0. The number of hydrogen-bond acceptors (Lipinski definition) is 3. The van der Waals surface area contributed by atoms with Gasteiger partial charge in [0.05, 0.1) is 0 Å². The molecule has 4 heteroatoms. The highest BCUT2D eigenvalue weighted by Crippen LogP contribution is 1.90. The minimum absolute atomic E-state index is 0. The lowest BCUT2D eigenvalue weighted by Gasteiger charge is -2.17. The Morgan fingerprint density at radius 1 is 1.08 bits per heavy atom. The molecule has 0 radical (unpaired) electrons. The zero-order valence-electron chi connectivity index (χ0n) is 8.13. The SMILES string of the molecule is Br.CCCNC(OCC)OCC. The number of nitrogens with one attached hydrogen (secondary N) is 1. The standard InChI is InChI=1S/C8H19NO2.BrH/c1-4-7-9-8(10-5-2)11-6-3;/h8-9H,4-7H2,1-3H3;1H. The first-order valence-electron chi connectivity index (χ1n) is 4.31. The maximum atomic E-state index is 5.25. The Kier molecular flexibility index (Phi) is 14.1. The number of ether oxygens (including phenoxy) is 2. The highest BCUT2D eigenvalue weighted by Gasteiger charge is 2.03. The summed E-state index contributed by atoms with van der Waals surface area (Å²) in [6, 6.07) is 0. The topological polar surface area (TPSA) is 30.5 Å². The number of hydrogen-bond donors (Lipinski definition) is 1. The van der Waals surface area contributed by atoms with Crippen molar-refractivity contribution < 1.29 is 9.47 Å². The molecule has 0 aliphatic heterocycles. The van der Waals surface area contributed by atoms with Crippen LogP contribution in [0.25, 0.3) is 0 Å². The van der Waals surface area contributed by atoms with Crippen LogP contribution in [0.15, 0.2) is 0 Å². The van der Waals surface area contributed by atoms with E-state index in [0.29, 0.717) is 13.2 Å². The van der Waals surface area contributed by atoms with Crippen molar-refractivity contribution in [1.29, 1.82) is 0 Å². The molecule has 0 fully saturated rings. The molecule has 0 bridgehead atoms. The Morgan fingerprint density at radius 2 is 1.58 bits per heavy atom. The van der Waals surface area contributed by atoms with Gasteiger partial charge in [0.25, 0.3) is 0 Å². The Labute approximate surface area is 85.6 Å². The second-order valence-corrected chi connectivity index (χ2v) is 2.20. The Hall–Kier alpha value is 0.360. The zero-order valence-corrected chi connectivity index (χ0v) is 9.84. The third-order valence-electron chi connectivity index (χ3n) is 1.20. The largest absolute Gasteiger partial charge is 0.340 e. The number of halogens is 1. The first-order valence-corrected chi connectivity index (χ1v) is 4.31. The quantitative estimate of drug-likeness (QED) is 0.692. The van der Waals surface area contributed by atoms with E-state index < -0.39 is 0 Å². The van der Waals surface area contributed by atoms with Gasteiger partial charge in [-0.3, -0.25) is 5.32 Å². The van der Waals surface area contributed by atoms with E-state index in [-0.39, 0.29) is 23.4 Å². The first kappa shape index (κ1) is 14.9. The van der Waals surface area contributed by atoms with Crippen molar-refractivity contribution >= 4 is 17.0 Å². The first-order chi connectivity index (χ1) is 5.35. The van der Waals surface area contributed by atoms with Crippen molar-refractivity contribution in [3.8, 4) is 0 Å². The second kappa shape index (κ2) is 11.4. The van der Waals surface area contributed by atoms with Gasteiger partial charge in [0, 0.05) is 13.2 Å². The Morgan fingerprint density at radius 3 is 1.92 bits per heavy atom. The van der Waals surface area contributed by atoms with E-state index in [1.807, 2.05) is 13.8 Å². The summed E-state index contributed by atoms with van der Waals surface area (Å²) in [7, 11) is 0. The molecule has 0 aromatic carbocycles. The fraction of sp³-hybridized carbons (Fsp3) is 1.00. The van der Waals surface area contributed by atoms with Crippen molar-refractivity contribution in [2.45, 2.75) is 33.6 Å². The van der Waals surface area contributed by atoms with Gasteiger partial charge < -0.3 is 9.47 Å². The lowest BCUT2D eigenvalue weighted by atomic mass is 10.5. The van der Waals surface area contributed by atoms with Crippen molar-refractivity contribution in [2.24, 2.45) is 0 Å². The summed E-state index contributed by atoms with van der Waals surface area (Å²) in [6.07, 6.45) is 0.876. The van der Waals surface area contributed by atoms with E-state index in [4.69, 9.17) is 9.47 Å².